The Balaban J connectivity index is 2.42. The van der Waals surface area contributed by atoms with Gasteiger partial charge in [-0.3, -0.25) is 0 Å². The number of nitrogens with zero attached hydrogens (tertiary/aromatic N) is 2. The fourth-order valence-corrected chi connectivity index (χ4v) is 1.39. The van der Waals surface area contributed by atoms with E-state index in [0.29, 0.717) is 6.04 Å². The Hall–Kier alpha value is -1.03. The molecule has 1 aromatic rings. The molecule has 0 amide bonds. The average molecular weight is 197 g/mol. The molecule has 1 unspecified atom stereocenters. The van der Waals surface area contributed by atoms with E-state index in [4.69, 9.17) is 5.11 Å². The number of nitrogens with one attached hydrogen (secondary N) is 1. The van der Waals surface area contributed by atoms with Crippen LogP contribution >= 0.6 is 0 Å². The first-order valence-corrected chi connectivity index (χ1v) is 5.16. The lowest BCUT2D eigenvalue weighted by atomic mass is 10.2. The van der Waals surface area contributed by atoms with Gasteiger partial charge in [-0.25, -0.2) is 4.98 Å². The minimum absolute atomic E-state index is 0.258. The maximum atomic E-state index is 8.69. The molecule has 0 saturated carbocycles. The molecule has 4 heteroatoms. The van der Waals surface area contributed by atoms with Gasteiger partial charge in [-0.05, 0) is 26.7 Å². The monoisotopic (exact) mass is 197 g/mol. The number of hydrogen-bond acceptors (Lipinski definition) is 3. The quantitative estimate of drug-likeness (QED) is 0.726. The second-order valence-electron chi connectivity index (χ2n) is 3.45. The molecule has 0 saturated heterocycles. The van der Waals surface area contributed by atoms with E-state index in [9.17, 15) is 0 Å². The maximum Gasteiger partial charge on any atom is 0.202 e. The summed E-state index contributed by atoms with van der Waals surface area (Å²) in [5, 5.41) is 12.0. The van der Waals surface area contributed by atoms with Crippen LogP contribution in [0.2, 0.25) is 0 Å². The number of aliphatic hydroxyl groups excluding tert-OH is 1. The predicted molar refractivity (Wildman–Crippen MR) is 57.3 cm³/mol. The molecule has 1 heterocycles. The Labute approximate surface area is 85.0 Å². The van der Waals surface area contributed by atoms with Crippen LogP contribution in [0.4, 0.5) is 5.95 Å². The molecule has 0 fully saturated rings. The van der Waals surface area contributed by atoms with Gasteiger partial charge in [0, 0.05) is 31.6 Å². The number of hydrogen-bond donors (Lipinski definition) is 2. The van der Waals surface area contributed by atoms with Crippen molar-refractivity contribution in [3.05, 3.63) is 12.4 Å². The van der Waals surface area contributed by atoms with Crippen LogP contribution in [0.25, 0.3) is 0 Å². The second-order valence-corrected chi connectivity index (χ2v) is 3.45. The Morgan fingerprint density at radius 3 is 3.07 bits per heavy atom. The summed E-state index contributed by atoms with van der Waals surface area (Å²) in [6.45, 7) is 5.37. The summed E-state index contributed by atoms with van der Waals surface area (Å²) in [4.78, 5) is 4.22. The highest BCUT2D eigenvalue weighted by Gasteiger charge is 2.05. The minimum Gasteiger partial charge on any atom is -0.396 e. The molecule has 0 aromatic carbocycles. The van der Waals surface area contributed by atoms with Gasteiger partial charge >= 0.3 is 0 Å². The maximum absolute atomic E-state index is 8.69. The van der Waals surface area contributed by atoms with E-state index in [1.54, 1.807) is 6.20 Å². The van der Waals surface area contributed by atoms with Crippen molar-refractivity contribution in [2.75, 3.05) is 11.9 Å². The lowest BCUT2D eigenvalue weighted by molar-refractivity contribution is 0.282. The zero-order valence-electron chi connectivity index (χ0n) is 8.90. The fourth-order valence-electron chi connectivity index (χ4n) is 1.39. The van der Waals surface area contributed by atoms with Crippen LogP contribution in [0.15, 0.2) is 12.4 Å². The molecule has 4 nitrogen and oxygen atoms in total. The number of aryl methyl sites for hydroxylation is 1. The fraction of sp³-hybridized carbons (Fsp3) is 0.700. The summed E-state index contributed by atoms with van der Waals surface area (Å²) in [7, 11) is 0. The largest absolute Gasteiger partial charge is 0.396 e. The van der Waals surface area contributed by atoms with Crippen LogP contribution in [0.3, 0.4) is 0 Å². The molecule has 14 heavy (non-hydrogen) atoms. The third-order valence-corrected chi connectivity index (χ3v) is 2.23. The standard InChI is InChI=1S/C10H19N3O/c1-3-13-7-6-11-10(13)12-9(2)5-4-8-14/h6-7,9,14H,3-5,8H2,1-2H3,(H,11,12). The smallest absolute Gasteiger partial charge is 0.202 e. The van der Waals surface area contributed by atoms with Crippen molar-refractivity contribution in [2.24, 2.45) is 0 Å². The average Bonchev–Trinajstić information content (AvgIpc) is 2.62. The number of imidazole rings is 1. The number of aromatic nitrogens is 2. The van der Waals surface area contributed by atoms with Gasteiger partial charge < -0.3 is 15.0 Å². The zero-order chi connectivity index (χ0) is 10.4. The van der Waals surface area contributed by atoms with Crippen LogP contribution in [0.1, 0.15) is 26.7 Å². The molecule has 0 aliphatic carbocycles. The van der Waals surface area contributed by atoms with Crippen molar-refractivity contribution in [1.29, 1.82) is 0 Å². The zero-order valence-corrected chi connectivity index (χ0v) is 8.90. The first-order valence-electron chi connectivity index (χ1n) is 5.16. The molecule has 0 radical (unpaired) electrons. The lowest BCUT2D eigenvalue weighted by Crippen LogP contribution is -2.18. The van der Waals surface area contributed by atoms with Gasteiger partial charge in [0.15, 0.2) is 0 Å². The summed E-state index contributed by atoms with van der Waals surface area (Å²) < 4.78 is 2.06. The predicted octanol–water partition coefficient (Wildman–Crippen LogP) is 1.48. The molecule has 0 aliphatic rings. The van der Waals surface area contributed by atoms with Gasteiger partial charge in [-0.15, -0.1) is 0 Å². The van der Waals surface area contributed by atoms with E-state index < -0.39 is 0 Å². The topological polar surface area (TPSA) is 50.1 Å². The normalized spacial score (nSPS) is 12.8. The third-order valence-electron chi connectivity index (χ3n) is 2.23. The van der Waals surface area contributed by atoms with Gasteiger partial charge in [0.2, 0.25) is 5.95 Å². The number of rotatable bonds is 6. The molecule has 1 rings (SSSR count). The molecule has 2 N–H and O–H groups in total. The van der Waals surface area contributed by atoms with Crippen LogP contribution in [0, 0.1) is 0 Å². The molecule has 1 aromatic heterocycles. The van der Waals surface area contributed by atoms with Crippen molar-refractivity contribution >= 4 is 5.95 Å². The summed E-state index contributed by atoms with van der Waals surface area (Å²) >= 11 is 0. The number of aliphatic hydroxyl groups is 1. The van der Waals surface area contributed by atoms with Gasteiger partial charge in [-0.1, -0.05) is 0 Å². The van der Waals surface area contributed by atoms with Gasteiger partial charge in [0.1, 0.15) is 0 Å². The Bertz CT molecular complexity index is 260. The molecule has 1 atom stereocenters. The van der Waals surface area contributed by atoms with Gasteiger partial charge in [-0.2, -0.15) is 0 Å². The summed E-state index contributed by atoms with van der Waals surface area (Å²) in [6, 6.07) is 0.356. The highest BCUT2D eigenvalue weighted by Crippen LogP contribution is 2.08. The van der Waals surface area contributed by atoms with Gasteiger partial charge in [0.25, 0.3) is 0 Å². The molecule has 0 bridgehead atoms. The highest BCUT2D eigenvalue weighted by molar-refractivity contribution is 5.26. The molecular weight excluding hydrogens is 178 g/mol. The van der Waals surface area contributed by atoms with Crippen molar-refractivity contribution < 1.29 is 5.11 Å². The SMILES string of the molecule is CCn1ccnc1NC(C)CCCO. The molecule has 80 valence electrons. The highest BCUT2D eigenvalue weighted by atomic mass is 16.2. The first kappa shape index (κ1) is 11.0. The van der Waals surface area contributed by atoms with E-state index in [1.165, 1.54) is 0 Å². The Morgan fingerprint density at radius 2 is 2.43 bits per heavy atom. The minimum atomic E-state index is 0.258. The van der Waals surface area contributed by atoms with Gasteiger partial charge in [0.05, 0.1) is 0 Å². The van der Waals surface area contributed by atoms with E-state index in [2.05, 4.69) is 28.7 Å². The Kier molecular flexibility index (Phi) is 4.46. The van der Waals surface area contributed by atoms with Crippen molar-refractivity contribution in [2.45, 2.75) is 39.3 Å². The molecular formula is C10H19N3O. The third kappa shape index (κ3) is 3.03. The molecule has 0 aliphatic heterocycles. The summed E-state index contributed by atoms with van der Waals surface area (Å²) in [6.07, 6.45) is 5.56. The number of anilines is 1. The van der Waals surface area contributed by atoms with Crippen molar-refractivity contribution in [1.82, 2.24) is 9.55 Å². The summed E-state index contributed by atoms with van der Waals surface area (Å²) in [5.74, 6) is 0.915. The second kappa shape index (κ2) is 5.65. The van der Waals surface area contributed by atoms with E-state index >= 15 is 0 Å². The van der Waals surface area contributed by atoms with E-state index in [-0.39, 0.29) is 6.61 Å². The first-order chi connectivity index (χ1) is 6.77. The van der Waals surface area contributed by atoms with Crippen molar-refractivity contribution in [3.8, 4) is 0 Å². The van der Waals surface area contributed by atoms with Crippen molar-refractivity contribution in [3.63, 3.8) is 0 Å². The Morgan fingerprint density at radius 1 is 1.64 bits per heavy atom. The van der Waals surface area contributed by atoms with E-state index in [1.807, 2.05) is 6.20 Å². The summed E-state index contributed by atoms with van der Waals surface area (Å²) in [5.41, 5.74) is 0. The lowest BCUT2D eigenvalue weighted by Gasteiger charge is -2.14. The van der Waals surface area contributed by atoms with Crippen LogP contribution in [0.5, 0.6) is 0 Å². The van der Waals surface area contributed by atoms with E-state index in [0.717, 1.165) is 25.3 Å². The molecule has 0 spiro atoms. The van der Waals surface area contributed by atoms with Crippen LogP contribution in [-0.4, -0.2) is 27.3 Å². The van der Waals surface area contributed by atoms with Crippen LogP contribution < -0.4 is 5.32 Å². The van der Waals surface area contributed by atoms with Crippen LogP contribution in [-0.2, 0) is 6.54 Å².